The van der Waals surface area contributed by atoms with Gasteiger partial charge in [-0.15, -0.1) is 0 Å². The summed E-state index contributed by atoms with van der Waals surface area (Å²) in [5.74, 6) is 2.17. The third-order valence-electron chi connectivity index (χ3n) is 11.3. The smallest absolute Gasteiger partial charge is 0.164 e. The van der Waals surface area contributed by atoms with E-state index in [9.17, 15) is 0 Å². The average molecular weight is 718 g/mol. The molecule has 4 nitrogen and oxygen atoms in total. The van der Waals surface area contributed by atoms with Crippen molar-refractivity contribution in [3.05, 3.63) is 139 Å². The first-order chi connectivity index (χ1) is 27.2. The highest BCUT2D eigenvalue weighted by molar-refractivity contribution is 6.35. The number of aryl methyl sites for hydroxylation is 2. The molecule has 2 aromatic heterocycles. The van der Waals surface area contributed by atoms with Gasteiger partial charge < -0.3 is 4.42 Å². The molecule has 7 aromatic carbocycles. The van der Waals surface area contributed by atoms with Crippen LogP contribution in [0.15, 0.2) is 132 Å². The lowest BCUT2D eigenvalue weighted by atomic mass is 9.83. The SMILES string of the molecule is CCCCCCc1cc2c(c(CCCCCC)c1-c1nc(-c3ccccc3)nc(-c3ccccc3)n1)c1ccccc1c1ccc3oc4ccccc4c3c12. The number of para-hydroxylation sites is 1. The molecule has 0 radical (unpaired) electrons. The Morgan fingerprint density at radius 2 is 0.982 bits per heavy atom. The highest BCUT2D eigenvalue weighted by Crippen LogP contribution is 2.46. The molecule has 0 N–H and O–H groups in total. The number of aromatic nitrogens is 3. The summed E-state index contributed by atoms with van der Waals surface area (Å²) in [6.07, 6.45) is 11.3. The molecule has 9 aromatic rings. The van der Waals surface area contributed by atoms with Gasteiger partial charge in [0, 0.05) is 32.8 Å². The number of hydrogen-bond acceptors (Lipinski definition) is 4. The minimum Gasteiger partial charge on any atom is -0.456 e. The van der Waals surface area contributed by atoms with Crippen LogP contribution >= 0.6 is 0 Å². The third kappa shape index (κ3) is 6.54. The Balaban J connectivity index is 1.44. The Labute approximate surface area is 323 Å². The minimum absolute atomic E-state index is 0.702. The Hall–Kier alpha value is -5.87. The number of benzene rings is 7. The lowest BCUT2D eigenvalue weighted by Crippen LogP contribution is -2.06. The van der Waals surface area contributed by atoms with Gasteiger partial charge in [0.15, 0.2) is 17.5 Å². The van der Waals surface area contributed by atoms with E-state index in [4.69, 9.17) is 19.4 Å². The predicted molar refractivity (Wildman–Crippen MR) is 232 cm³/mol. The van der Waals surface area contributed by atoms with Crippen molar-refractivity contribution in [2.45, 2.75) is 78.1 Å². The lowest BCUT2D eigenvalue weighted by Gasteiger charge is -2.22. The van der Waals surface area contributed by atoms with Crippen LogP contribution in [0.5, 0.6) is 0 Å². The highest BCUT2D eigenvalue weighted by atomic mass is 16.3. The number of unbranched alkanes of at least 4 members (excludes halogenated alkanes) is 6. The molecule has 272 valence electrons. The van der Waals surface area contributed by atoms with E-state index in [1.165, 1.54) is 92.9 Å². The Morgan fingerprint density at radius 3 is 1.65 bits per heavy atom. The standard InChI is InChI=1S/C51H47N3O/c1-3-5-7-11-25-36-33-42-46(38-27-18-17-26-37(38)39-31-32-44-48(47(39)42)40-28-19-20-30-43(40)55-44)41(29-16-8-6-4-2)45(36)51-53-49(34-21-12-9-13-22-34)52-50(54-51)35-23-14-10-15-24-35/h9-10,12-15,17-24,26-28,30-33H,3-8,11,16,25,29H2,1-2H3. The first-order valence-electron chi connectivity index (χ1n) is 20.3. The predicted octanol–water partition coefficient (Wildman–Crippen LogP) is 14.5. The second-order valence-corrected chi connectivity index (χ2v) is 15.0. The van der Waals surface area contributed by atoms with Gasteiger partial charge in [0.1, 0.15) is 11.2 Å². The Morgan fingerprint density at radius 1 is 0.418 bits per heavy atom. The van der Waals surface area contributed by atoms with Crippen molar-refractivity contribution in [3.63, 3.8) is 0 Å². The van der Waals surface area contributed by atoms with E-state index in [0.717, 1.165) is 59.2 Å². The van der Waals surface area contributed by atoms with Crippen molar-refractivity contribution in [2.24, 2.45) is 0 Å². The number of hydrogen-bond donors (Lipinski definition) is 0. The molecule has 0 saturated carbocycles. The van der Waals surface area contributed by atoms with Gasteiger partial charge in [0.2, 0.25) is 0 Å². The van der Waals surface area contributed by atoms with Crippen LogP contribution in [0.25, 0.3) is 88.4 Å². The molecule has 0 amide bonds. The Bertz CT molecular complexity index is 2730. The molecule has 55 heavy (non-hydrogen) atoms. The van der Waals surface area contributed by atoms with Crippen molar-refractivity contribution in [1.29, 1.82) is 0 Å². The van der Waals surface area contributed by atoms with Gasteiger partial charge in [-0.3, -0.25) is 0 Å². The molecular weight excluding hydrogens is 671 g/mol. The van der Waals surface area contributed by atoms with Crippen molar-refractivity contribution in [3.8, 4) is 34.2 Å². The summed E-state index contributed by atoms with van der Waals surface area (Å²) in [4.78, 5) is 15.9. The highest BCUT2D eigenvalue weighted by Gasteiger charge is 2.24. The second kappa shape index (κ2) is 15.5. The molecule has 0 aliphatic heterocycles. The Kier molecular flexibility index (Phi) is 9.81. The molecule has 2 heterocycles. The quantitative estimate of drug-likeness (QED) is 0.0880. The van der Waals surface area contributed by atoms with Crippen molar-refractivity contribution < 1.29 is 4.42 Å². The van der Waals surface area contributed by atoms with Gasteiger partial charge in [0.25, 0.3) is 0 Å². The molecule has 0 aliphatic carbocycles. The van der Waals surface area contributed by atoms with Gasteiger partial charge in [-0.1, -0.05) is 156 Å². The molecule has 0 unspecified atom stereocenters. The summed E-state index contributed by atoms with van der Waals surface area (Å²) < 4.78 is 6.54. The fourth-order valence-electron chi connectivity index (χ4n) is 8.68. The topological polar surface area (TPSA) is 51.8 Å². The normalized spacial score (nSPS) is 11.8. The maximum atomic E-state index is 6.54. The largest absolute Gasteiger partial charge is 0.456 e. The van der Waals surface area contributed by atoms with Crippen LogP contribution in [-0.4, -0.2) is 15.0 Å². The zero-order valence-corrected chi connectivity index (χ0v) is 31.9. The first kappa shape index (κ1) is 34.9. The molecule has 9 rings (SSSR count). The van der Waals surface area contributed by atoms with Gasteiger partial charge in [-0.2, -0.15) is 0 Å². The fourth-order valence-corrected chi connectivity index (χ4v) is 8.68. The average Bonchev–Trinajstić information content (AvgIpc) is 3.63. The van der Waals surface area contributed by atoms with Crippen LogP contribution in [0.4, 0.5) is 0 Å². The van der Waals surface area contributed by atoms with Crippen LogP contribution in [0, 0.1) is 0 Å². The van der Waals surface area contributed by atoms with Gasteiger partial charge in [0.05, 0.1) is 0 Å². The molecule has 0 fully saturated rings. The van der Waals surface area contributed by atoms with E-state index >= 15 is 0 Å². The van der Waals surface area contributed by atoms with Gasteiger partial charge >= 0.3 is 0 Å². The lowest BCUT2D eigenvalue weighted by molar-refractivity contribution is 0.663. The minimum atomic E-state index is 0.702. The monoisotopic (exact) mass is 717 g/mol. The van der Waals surface area contributed by atoms with Crippen LogP contribution in [-0.2, 0) is 12.8 Å². The van der Waals surface area contributed by atoms with Crippen LogP contribution in [0.2, 0.25) is 0 Å². The van der Waals surface area contributed by atoms with Crippen LogP contribution in [0.1, 0.15) is 76.3 Å². The first-order valence-corrected chi connectivity index (χ1v) is 20.3. The number of fused-ring (bicyclic) bond motifs is 10. The summed E-state index contributed by atoms with van der Waals surface area (Å²) in [5, 5.41) is 10.1. The van der Waals surface area contributed by atoms with E-state index in [1.54, 1.807) is 0 Å². The fraction of sp³-hybridized carbons (Fsp3) is 0.235. The molecule has 0 spiro atoms. The summed E-state index contributed by atoms with van der Waals surface area (Å²) in [7, 11) is 0. The molecule has 0 atom stereocenters. The summed E-state index contributed by atoms with van der Waals surface area (Å²) in [6, 6.07) is 45.2. The summed E-state index contributed by atoms with van der Waals surface area (Å²) in [6.45, 7) is 4.58. The van der Waals surface area contributed by atoms with Crippen LogP contribution in [0.3, 0.4) is 0 Å². The maximum absolute atomic E-state index is 6.54. The molecule has 0 saturated heterocycles. The summed E-state index contributed by atoms with van der Waals surface area (Å²) >= 11 is 0. The van der Waals surface area contributed by atoms with E-state index in [0.29, 0.717) is 11.6 Å². The van der Waals surface area contributed by atoms with E-state index in [1.807, 2.05) is 12.1 Å². The molecular formula is C51H47N3O. The number of furan rings is 1. The van der Waals surface area contributed by atoms with Crippen molar-refractivity contribution >= 4 is 54.3 Å². The van der Waals surface area contributed by atoms with Crippen LogP contribution < -0.4 is 0 Å². The molecule has 4 heteroatoms. The zero-order chi connectivity index (χ0) is 37.1. The number of nitrogens with zero attached hydrogens (tertiary/aromatic N) is 3. The van der Waals surface area contributed by atoms with E-state index in [2.05, 4.69) is 129 Å². The summed E-state index contributed by atoms with van der Waals surface area (Å²) in [5.41, 5.74) is 7.69. The third-order valence-corrected chi connectivity index (χ3v) is 11.3. The molecule has 0 bridgehead atoms. The van der Waals surface area contributed by atoms with Crippen molar-refractivity contribution in [1.82, 2.24) is 15.0 Å². The van der Waals surface area contributed by atoms with E-state index in [-0.39, 0.29) is 0 Å². The second-order valence-electron chi connectivity index (χ2n) is 15.0. The maximum Gasteiger partial charge on any atom is 0.164 e. The van der Waals surface area contributed by atoms with Gasteiger partial charge in [-0.25, -0.2) is 15.0 Å². The zero-order valence-electron chi connectivity index (χ0n) is 31.9. The van der Waals surface area contributed by atoms with Gasteiger partial charge in [-0.05, 0) is 88.0 Å². The van der Waals surface area contributed by atoms with E-state index < -0.39 is 0 Å². The number of rotatable bonds is 13. The van der Waals surface area contributed by atoms with Crippen molar-refractivity contribution in [2.75, 3.05) is 0 Å². The molecule has 0 aliphatic rings.